The first-order valence-electron chi connectivity index (χ1n) is 8.73. The summed E-state index contributed by atoms with van der Waals surface area (Å²) in [6.45, 7) is 0. The molecule has 0 aliphatic heterocycles. The highest BCUT2D eigenvalue weighted by atomic mass is 19.4. The van der Waals surface area contributed by atoms with Gasteiger partial charge >= 0.3 is 6.18 Å². The van der Waals surface area contributed by atoms with Crippen LogP contribution in [0.3, 0.4) is 0 Å². The highest BCUT2D eigenvalue weighted by Gasteiger charge is 2.32. The van der Waals surface area contributed by atoms with Crippen LogP contribution >= 0.6 is 0 Å². The molecule has 1 aromatic carbocycles. The van der Waals surface area contributed by atoms with Crippen molar-refractivity contribution in [1.82, 2.24) is 19.5 Å². The van der Waals surface area contributed by atoms with E-state index in [1.807, 2.05) is 0 Å². The van der Waals surface area contributed by atoms with Gasteiger partial charge in [0, 0.05) is 12.3 Å². The van der Waals surface area contributed by atoms with Crippen LogP contribution in [0.1, 0.15) is 5.69 Å². The minimum atomic E-state index is -4.57. The van der Waals surface area contributed by atoms with Crippen LogP contribution in [-0.2, 0) is 6.18 Å². The lowest BCUT2D eigenvalue weighted by atomic mass is 10.2. The van der Waals surface area contributed by atoms with Gasteiger partial charge in [-0.15, -0.1) is 0 Å². The monoisotopic (exact) mass is 415 g/mol. The zero-order valence-electron chi connectivity index (χ0n) is 15.9. The zero-order valence-corrected chi connectivity index (χ0v) is 15.9. The van der Waals surface area contributed by atoms with Crippen LogP contribution < -0.4 is 15.2 Å². The second-order valence-electron chi connectivity index (χ2n) is 6.28. The first-order chi connectivity index (χ1) is 14.3. The molecule has 4 aromatic rings. The van der Waals surface area contributed by atoms with Crippen molar-refractivity contribution in [3.63, 3.8) is 0 Å². The molecule has 0 fully saturated rings. The predicted molar refractivity (Wildman–Crippen MR) is 105 cm³/mol. The van der Waals surface area contributed by atoms with Gasteiger partial charge in [0.25, 0.3) is 0 Å². The van der Waals surface area contributed by atoms with Crippen LogP contribution in [0.5, 0.6) is 11.5 Å². The number of benzene rings is 1. The van der Waals surface area contributed by atoms with E-state index in [0.29, 0.717) is 28.2 Å². The minimum Gasteiger partial charge on any atom is -0.493 e. The van der Waals surface area contributed by atoms with Gasteiger partial charge in [0.2, 0.25) is 5.95 Å². The Kier molecular flexibility index (Phi) is 4.69. The number of methoxy groups -OCH3 is 2. The zero-order chi connectivity index (χ0) is 21.5. The summed E-state index contributed by atoms with van der Waals surface area (Å²) in [7, 11) is 3.04. The second kappa shape index (κ2) is 7.21. The van der Waals surface area contributed by atoms with E-state index in [-0.39, 0.29) is 17.3 Å². The van der Waals surface area contributed by atoms with Crippen molar-refractivity contribution in [2.75, 3.05) is 20.0 Å². The molecule has 0 spiro atoms. The number of anilines is 1. The minimum absolute atomic E-state index is 0.0485. The van der Waals surface area contributed by atoms with E-state index < -0.39 is 11.9 Å². The number of imidazole rings is 1. The Hall–Kier alpha value is -3.82. The van der Waals surface area contributed by atoms with E-state index in [2.05, 4.69) is 15.0 Å². The summed E-state index contributed by atoms with van der Waals surface area (Å²) >= 11 is 0. The maximum absolute atomic E-state index is 13.1. The molecule has 0 aliphatic carbocycles. The molecule has 0 radical (unpaired) electrons. The van der Waals surface area contributed by atoms with Gasteiger partial charge in [-0.2, -0.15) is 13.2 Å². The number of halogens is 3. The number of nitrogens with two attached hydrogens (primary N) is 1. The summed E-state index contributed by atoms with van der Waals surface area (Å²) in [5.74, 6) is 1.17. The Bertz CT molecular complexity index is 1240. The molecule has 0 bridgehead atoms. The van der Waals surface area contributed by atoms with E-state index in [0.717, 1.165) is 6.07 Å². The summed E-state index contributed by atoms with van der Waals surface area (Å²) in [4.78, 5) is 12.3. The van der Waals surface area contributed by atoms with Crippen molar-refractivity contribution >= 4 is 17.0 Å². The Morgan fingerprint density at radius 2 is 1.73 bits per heavy atom. The van der Waals surface area contributed by atoms with Gasteiger partial charge in [-0.05, 0) is 30.3 Å². The molecule has 10 heteroatoms. The third-order valence-electron chi connectivity index (χ3n) is 4.51. The fourth-order valence-electron chi connectivity index (χ4n) is 3.17. The lowest BCUT2D eigenvalue weighted by Crippen LogP contribution is -2.08. The molecule has 2 N–H and O–H groups in total. The van der Waals surface area contributed by atoms with Gasteiger partial charge in [-0.1, -0.05) is 6.07 Å². The number of hydrogen-bond donors (Lipinski definition) is 1. The molecule has 0 unspecified atom stereocenters. The van der Waals surface area contributed by atoms with Crippen molar-refractivity contribution in [3.8, 4) is 28.6 Å². The van der Waals surface area contributed by atoms with Gasteiger partial charge in [-0.3, -0.25) is 9.55 Å². The SMILES string of the molecule is COc1ccc(-n2c(N)nc3c(-c4cccc(C(F)(F)F)n4)nccc32)cc1OC. The van der Waals surface area contributed by atoms with Crippen LogP contribution in [0.25, 0.3) is 28.1 Å². The molecule has 0 amide bonds. The van der Waals surface area contributed by atoms with Gasteiger partial charge in [-0.25, -0.2) is 9.97 Å². The molecule has 0 aliphatic rings. The van der Waals surface area contributed by atoms with E-state index in [1.54, 1.807) is 28.8 Å². The van der Waals surface area contributed by atoms with Gasteiger partial charge in [0.1, 0.15) is 16.9 Å². The molecule has 4 rings (SSSR count). The van der Waals surface area contributed by atoms with E-state index >= 15 is 0 Å². The second-order valence-corrected chi connectivity index (χ2v) is 6.28. The van der Waals surface area contributed by atoms with Crippen LogP contribution in [-0.4, -0.2) is 33.7 Å². The van der Waals surface area contributed by atoms with Crippen LogP contribution in [0.15, 0.2) is 48.7 Å². The number of nitrogen functional groups attached to an aromatic ring is 1. The molecule has 0 atom stereocenters. The van der Waals surface area contributed by atoms with Crippen molar-refractivity contribution in [2.45, 2.75) is 6.18 Å². The van der Waals surface area contributed by atoms with Crippen molar-refractivity contribution in [3.05, 3.63) is 54.4 Å². The molecule has 154 valence electrons. The van der Waals surface area contributed by atoms with Gasteiger partial charge in [0.05, 0.1) is 31.1 Å². The molecule has 0 saturated carbocycles. The van der Waals surface area contributed by atoms with Crippen LogP contribution in [0.2, 0.25) is 0 Å². The average Bonchev–Trinajstić information content (AvgIpc) is 3.08. The molecular weight excluding hydrogens is 399 g/mol. The molecule has 0 saturated heterocycles. The standard InChI is InChI=1S/C20H16F3N5O2/c1-29-14-7-6-11(10-15(14)30-2)28-13-8-9-25-17(18(13)27-19(28)24)12-4-3-5-16(26-12)20(21,22)23/h3-10H,1-2H3,(H2,24,27). The van der Waals surface area contributed by atoms with Crippen LogP contribution in [0.4, 0.5) is 19.1 Å². The quantitative estimate of drug-likeness (QED) is 0.540. The molecule has 7 nitrogen and oxygen atoms in total. The third kappa shape index (κ3) is 3.25. The fourth-order valence-corrected chi connectivity index (χ4v) is 3.17. The summed E-state index contributed by atoms with van der Waals surface area (Å²) < 4.78 is 51.5. The van der Waals surface area contributed by atoms with E-state index in [1.165, 1.54) is 32.5 Å². The third-order valence-corrected chi connectivity index (χ3v) is 4.51. The Balaban J connectivity index is 1.90. The number of alkyl halides is 3. The topological polar surface area (TPSA) is 88.1 Å². The number of hydrogen-bond acceptors (Lipinski definition) is 6. The van der Waals surface area contributed by atoms with E-state index in [9.17, 15) is 13.2 Å². The van der Waals surface area contributed by atoms with Crippen molar-refractivity contribution in [1.29, 1.82) is 0 Å². The highest BCUT2D eigenvalue weighted by Crippen LogP contribution is 2.34. The summed E-state index contributed by atoms with van der Waals surface area (Å²) in [6.07, 6.45) is -3.10. The Morgan fingerprint density at radius 1 is 0.967 bits per heavy atom. The lowest BCUT2D eigenvalue weighted by Gasteiger charge is -2.12. The summed E-state index contributed by atoms with van der Waals surface area (Å²) in [6, 6.07) is 10.5. The first kappa shape index (κ1) is 19.5. The smallest absolute Gasteiger partial charge is 0.433 e. The number of aromatic nitrogens is 4. The number of nitrogens with zero attached hydrogens (tertiary/aromatic N) is 4. The van der Waals surface area contributed by atoms with Crippen molar-refractivity contribution in [2.24, 2.45) is 0 Å². The van der Waals surface area contributed by atoms with Crippen LogP contribution in [0, 0.1) is 0 Å². The summed E-state index contributed by atoms with van der Waals surface area (Å²) in [5, 5.41) is 0. The maximum Gasteiger partial charge on any atom is 0.433 e. The Morgan fingerprint density at radius 3 is 2.43 bits per heavy atom. The molecule has 30 heavy (non-hydrogen) atoms. The highest BCUT2D eigenvalue weighted by molar-refractivity contribution is 5.91. The molecule has 3 heterocycles. The number of fused-ring (bicyclic) bond motifs is 1. The number of rotatable bonds is 4. The summed E-state index contributed by atoms with van der Waals surface area (Å²) in [5.41, 5.74) is 6.91. The molecular formula is C20H16F3N5O2. The maximum atomic E-state index is 13.1. The largest absolute Gasteiger partial charge is 0.493 e. The number of ether oxygens (including phenoxy) is 2. The Labute approximate surface area is 168 Å². The molecule has 3 aromatic heterocycles. The predicted octanol–water partition coefficient (Wildman–Crippen LogP) is 4.10. The lowest BCUT2D eigenvalue weighted by molar-refractivity contribution is -0.141. The van der Waals surface area contributed by atoms with Crippen molar-refractivity contribution < 1.29 is 22.6 Å². The average molecular weight is 415 g/mol. The van der Waals surface area contributed by atoms with Gasteiger partial charge < -0.3 is 15.2 Å². The normalized spacial score (nSPS) is 11.6. The van der Waals surface area contributed by atoms with Gasteiger partial charge in [0.15, 0.2) is 11.5 Å². The first-order valence-corrected chi connectivity index (χ1v) is 8.73. The fraction of sp³-hybridized carbons (Fsp3) is 0.150. The number of pyridine rings is 2. The van der Waals surface area contributed by atoms with E-state index in [4.69, 9.17) is 15.2 Å².